The average molecular weight is 257 g/mol. The predicted octanol–water partition coefficient (Wildman–Crippen LogP) is 2.27. The molecule has 0 aliphatic heterocycles. The van der Waals surface area contributed by atoms with Crippen LogP contribution in [0.5, 0.6) is 0 Å². The summed E-state index contributed by atoms with van der Waals surface area (Å²) in [6.07, 6.45) is 3.82. The van der Waals surface area contributed by atoms with E-state index in [2.05, 4.69) is 18.5 Å². The van der Waals surface area contributed by atoms with Crippen molar-refractivity contribution in [3.05, 3.63) is 29.8 Å². The van der Waals surface area contributed by atoms with E-state index in [1.807, 2.05) is 36.0 Å². The molecule has 0 spiro atoms. The molecular formula is C12H19NOS2. The quantitative estimate of drug-likeness (QED) is 0.847. The third-order valence-electron chi connectivity index (χ3n) is 2.33. The molecule has 0 aromatic heterocycles. The average Bonchev–Trinajstić information content (AvgIpc) is 2.27. The summed E-state index contributed by atoms with van der Waals surface area (Å²) in [5, 5.41) is 3.45. The topological polar surface area (TPSA) is 29.1 Å². The van der Waals surface area contributed by atoms with Gasteiger partial charge in [0.25, 0.3) is 0 Å². The number of hydrogen-bond acceptors (Lipinski definition) is 3. The van der Waals surface area contributed by atoms with E-state index in [1.54, 1.807) is 6.26 Å². The van der Waals surface area contributed by atoms with Crippen LogP contribution in [0, 0.1) is 0 Å². The molecule has 2 nitrogen and oxygen atoms in total. The Morgan fingerprint density at radius 3 is 2.50 bits per heavy atom. The van der Waals surface area contributed by atoms with Gasteiger partial charge in [-0.2, -0.15) is 11.8 Å². The van der Waals surface area contributed by atoms with E-state index in [0.29, 0.717) is 6.04 Å². The Morgan fingerprint density at radius 2 is 2.00 bits per heavy atom. The number of benzene rings is 1. The van der Waals surface area contributed by atoms with Crippen LogP contribution >= 0.6 is 11.8 Å². The molecule has 1 aromatic rings. The second kappa shape index (κ2) is 7.09. The molecule has 2 atom stereocenters. The standard InChI is InChI=1S/C12H19NOS2/c1-10(9-15-2)13-8-11-4-6-12(7-5-11)16(3)14/h4-7,10,13H,8-9H2,1-3H3. The fourth-order valence-electron chi connectivity index (χ4n) is 1.40. The molecule has 1 aromatic carbocycles. The number of rotatable bonds is 6. The maximum atomic E-state index is 11.2. The van der Waals surface area contributed by atoms with Crippen molar-refractivity contribution in [2.24, 2.45) is 0 Å². The van der Waals surface area contributed by atoms with E-state index in [1.165, 1.54) is 5.56 Å². The molecule has 0 fully saturated rings. The zero-order valence-electron chi connectivity index (χ0n) is 10.0. The van der Waals surface area contributed by atoms with Gasteiger partial charge in [0.05, 0.1) is 0 Å². The fraction of sp³-hybridized carbons (Fsp3) is 0.500. The van der Waals surface area contributed by atoms with E-state index in [4.69, 9.17) is 0 Å². The SMILES string of the molecule is CSCC(C)NCc1ccc(S(C)=O)cc1. The highest BCUT2D eigenvalue weighted by molar-refractivity contribution is 7.98. The summed E-state index contributed by atoms with van der Waals surface area (Å²) in [6, 6.07) is 8.47. The first-order valence-corrected chi connectivity index (χ1v) is 8.23. The summed E-state index contributed by atoms with van der Waals surface area (Å²) in [7, 11) is -0.877. The van der Waals surface area contributed by atoms with Crippen LogP contribution < -0.4 is 5.32 Å². The molecule has 0 saturated heterocycles. The maximum Gasteiger partial charge on any atom is 0.0498 e. The minimum absolute atomic E-state index is 0.523. The highest BCUT2D eigenvalue weighted by atomic mass is 32.2. The minimum Gasteiger partial charge on any atom is -0.309 e. The monoisotopic (exact) mass is 257 g/mol. The van der Waals surface area contributed by atoms with Crippen LogP contribution in [0.2, 0.25) is 0 Å². The molecular weight excluding hydrogens is 238 g/mol. The third-order valence-corrected chi connectivity index (χ3v) is 4.10. The zero-order valence-corrected chi connectivity index (χ0v) is 11.7. The van der Waals surface area contributed by atoms with Gasteiger partial charge in [0.15, 0.2) is 0 Å². The predicted molar refractivity (Wildman–Crippen MR) is 73.5 cm³/mol. The molecule has 0 amide bonds. The molecule has 0 radical (unpaired) electrons. The minimum atomic E-state index is -0.877. The smallest absolute Gasteiger partial charge is 0.0498 e. The van der Waals surface area contributed by atoms with Gasteiger partial charge in [-0.3, -0.25) is 4.21 Å². The van der Waals surface area contributed by atoms with Crippen molar-refractivity contribution in [3.63, 3.8) is 0 Å². The largest absolute Gasteiger partial charge is 0.309 e. The second-order valence-electron chi connectivity index (χ2n) is 3.84. The molecule has 4 heteroatoms. The number of hydrogen-bond donors (Lipinski definition) is 1. The van der Waals surface area contributed by atoms with Gasteiger partial charge < -0.3 is 5.32 Å². The van der Waals surface area contributed by atoms with E-state index in [0.717, 1.165) is 17.2 Å². The summed E-state index contributed by atoms with van der Waals surface area (Å²) in [6.45, 7) is 3.06. The van der Waals surface area contributed by atoms with Gasteiger partial charge in [-0.15, -0.1) is 0 Å². The van der Waals surface area contributed by atoms with Crippen molar-refractivity contribution >= 4 is 22.6 Å². The summed E-state index contributed by atoms with van der Waals surface area (Å²) in [5.41, 5.74) is 1.24. The van der Waals surface area contributed by atoms with Crippen LogP contribution in [0.1, 0.15) is 12.5 Å². The molecule has 1 rings (SSSR count). The van der Waals surface area contributed by atoms with Crippen LogP contribution in [0.4, 0.5) is 0 Å². The van der Waals surface area contributed by atoms with Gasteiger partial charge in [0.2, 0.25) is 0 Å². The molecule has 2 unspecified atom stereocenters. The second-order valence-corrected chi connectivity index (χ2v) is 6.13. The van der Waals surface area contributed by atoms with Crippen molar-refractivity contribution in [2.45, 2.75) is 24.4 Å². The summed E-state index contributed by atoms with van der Waals surface area (Å²) < 4.78 is 11.2. The fourth-order valence-corrected chi connectivity index (χ4v) is 2.54. The number of thioether (sulfide) groups is 1. The van der Waals surface area contributed by atoms with Crippen LogP contribution in [0.15, 0.2) is 29.2 Å². The van der Waals surface area contributed by atoms with Crippen molar-refractivity contribution < 1.29 is 4.21 Å². The van der Waals surface area contributed by atoms with Crippen molar-refractivity contribution in [1.29, 1.82) is 0 Å². The lowest BCUT2D eigenvalue weighted by atomic mass is 10.2. The van der Waals surface area contributed by atoms with Crippen molar-refractivity contribution in [2.75, 3.05) is 18.3 Å². The molecule has 0 heterocycles. The van der Waals surface area contributed by atoms with Gasteiger partial charge in [0.1, 0.15) is 0 Å². The molecule has 90 valence electrons. The Hall–Kier alpha value is -0.320. The highest BCUT2D eigenvalue weighted by Crippen LogP contribution is 2.08. The van der Waals surface area contributed by atoms with Crippen LogP contribution in [-0.2, 0) is 17.3 Å². The normalized spacial score (nSPS) is 14.7. The molecule has 0 aliphatic carbocycles. The summed E-state index contributed by atoms with van der Waals surface area (Å²) >= 11 is 1.85. The highest BCUT2D eigenvalue weighted by Gasteiger charge is 2.01. The molecule has 0 bridgehead atoms. The lowest BCUT2D eigenvalue weighted by molar-refractivity contribution is 0.596. The Balaban J connectivity index is 2.46. The third kappa shape index (κ3) is 4.68. The van der Waals surface area contributed by atoms with E-state index in [9.17, 15) is 4.21 Å². The van der Waals surface area contributed by atoms with Gasteiger partial charge >= 0.3 is 0 Å². The van der Waals surface area contributed by atoms with Crippen molar-refractivity contribution in [3.8, 4) is 0 Å². The van der Waals surface area contributed by atoms with Gasteiger partial charge in [0, 0.05) is 40.3 Å². The van der Waals surface area contributed by atoms with Crippen LogP contribution in [0.3, 0.4) is 0 Å². The van der Waals surface area contributed by atoms with Gasteiger partial charge in [-0.25, -0.2) is 0 Å². The van der Waals surface area contributed by atoms with E-state index in [-0.39, 0.29) is 0 Å². The van der Waals surface area contributed by atoms with Crippen LogP contribution in [0.25, 0.3) is 0 Å². The van der Waals surface area contributed by atoms with Crippen LogP contribution in [-0.4, -0.2) is 28.5 Å². The Labute approximate surface area is 105 Å². The summed E-state index contributed by atoms with van der Waals surface area (Å²) in [4.78, 5) is 0.890. The molecule has 16 heavy (non-hydrogen) atoms. The van der Waals surface area contributed by atoms with E-state index < -0.39 is 10.8 Å². The molecule has 1 N–H and O–H groups in total. The Morgan fingerprint density at radius 1 is 1.38 bits per heavy atom. The number of nitrogens with one attached hydrogen (secondary N) is 1. The molecule has 0 aliphatic rings. The first kappa shape index (κ1) is 13.7. The zero-order chi connectivity index (χ0) is 12.0. The lowest BCUT2D eigenvalue weighted by Crippen LogP contribution is -2.27. The van der Waals surface area contributed by atoms with Gasteiger partial charge in [-0.1, -0.05) is 12.1 Å². The lowest BCUT2D eigenvalue weighted by Gasteiger charge is -2.12. The summed E-state index contributed by atoms with van der Waals surface area (Å²) in [5.74, 6) is 1.12. The first-order chi connectivity index (χ1) is 7.63. The first-order valence-electron chi connectivity index (χ1n) is 5.28. The Kier molecular flexibility index (Phi) is 6.09. The van der Waals surface area contributed by atoms with Crippen molar-refractivity contribution in [1.82, 2.24) is 5.32 Å². The van der Waals surface area contributed by atoms with E-state index >= 15 is 0 Å². The Bertz CT molecular complexity index is 337. The maximum absolute atomic E-state index is 11.2. The van der Waals surface area contributed by atoms with Gasteiger partial charge in [-0.05, 0) is 30.9 Å². The molecule has 0 saturated carbocycles.